The van der Waals surface area contributed by atoms with E-state index in [0.29, 0.717) is 12.6 Å². The molecule has 1 heterocycles. The van der Waals surface area contributed by atoms with Crippen LogP contribution in [0.15, 0.2) is 0 Å². The first-order chi connectivity index (χ1) is 6.11. The van der Waals surface area contributed by atoms with Crippen LogP contribution in [0.2, 0.25) is 0 Å². The lowest BCUT2D eigenvalue weighted by molar-refractivity contribution is -0.0350. The molecule has 3 N–H and O–H groups in total. The Bertz CT molecular complexity index is 163. The third-order valence-corrected chi connectivity index (χ3v) is 3.18. The highest BCUT2D eigenvalue weighted by Gasteiger charge is 2.32. The van der Waals surface area contributed by atoms with Crippen molar-refractivity contribution in [1.29, 1.82) is 0 Å². The van der Waals surface area contributed by atoms with Gasteiger partial charge in [0.1, 0.15) is 0 Å². The van der Waals surface area contributed by atoms with Gasteiger partial charge >= 0.3 is 0 Å². The van der Waals surface area contributed by atoms with Crippen LogP contribution in [0.1, 0.15) is 33.1 Å². The Balaban J connectivity index is 2.51. The van der Waals surface area contributed by atoms with E-state index in [1.807, 2.05) is 0 Å². The lowest BCUT2D eigenvalue weighted by atomic mass is 9.92. The summed E-state index contributed by atoms with van der Waals surface area (Å²) in [4.78, 5) is 2.34. The fraction of sp³-hybridized carbons (Fsp3) is 1.00. The van der Waals surface area contributed by atoms with Gasteiger partial charge < -0.3 is 10.8 Å². The van der Waals surface area contributed by atoms with E-state index in [-0.39, 0.29) is 0 Å². The molecule has 0 bridgehead atoms. The Kier molecular flexibility index (Phi) is 3.71. The van der Waals surface area contributed by atoms with E-state index >= 15 is 0 Å². The standard InChI is InChI=1S/C10H22N2O/c1-3-9(2)12-6-4-5-10(13,7-11)8-12/h9,13H,3-8,11H2,1-2H3. The van der Waals surface area contributed by atoms with Gasteiger partial charge in [0.25, 0.3) is 0 Å². The number of rotatable bonds is 3. The maximum absolute atomic E-state index is 10.0. The summed E-state index contributed by atoms with van der Waals surface area (Å²) < 4.78 is 0. The molecule has 0 spiro atoms. The Labute approximate surface area is 80.9 Å². The number of nitrogens with two attached hydrogens (primary N) is 1. The zero-order valence-corrected chi connectivity index (χ0v) is 8.79. The first kappa shape index (κ1) is 11.0. The van der Waals surface area contributed by atoms with Crippen molar-refractivity contribution in [1.82, 2.24) is 4.90 Å². The molecule has 1 saturated heterocycles. The number of hydrogen-bond donors (Lipinski definition) is 2. The summed E-state index contributed by atoms with van der Waals surface area (Å²) in [6, 6.07) is 0.568. The van der Waals surface area contributed by atoms with Gasteiger partial charge in [0, 0.05) is 19.1 Å². The van der Waals surface area contributed by atoms with Gasteiger partial charge in [0.15, 0.2) is 0 Å². The molecule has 0 saturated carbocycles. The average molecular weight is 186 g/mol. The van der Waals surface area contributed by atoms with Gasteiger partial charge in [-0.1, -0.05) is 6.92 Å². The van der Waals surface area contributed by atoms with Crippen LogP contribution in [0.5, 0.6) is 0 Å². The van der Waals surface area contributed by atoms with Gasteiger partial charge in [-0.25, -0.2) is 0 Å². The Hall–Kier alpha value is -0.120. The van der Waals surface area contributed by atoms with E-state index in [4.69, 9.17) is 5.73 Å². The molecule has 0 aromatic heterocycles. The number of aliphatic hydroxyl groups is 1. The minimum absolute atomic E-state index is 0.389. The van der Waals surface area contributed by atoms with E-state index in [1.54, 1.807) is 0 Å². The highest BCUT2D eigenvalue weighted by Crippen LogP contribution is 2.22. The number of likely N-dealkylation sites (tertiary alicyclic amines) is 1. The van der Waals surface area contributed by atoms with Gasteiger partial charge in [0.2, 0.25) is 0 Å². The van der Waals surface area contributed by atoms with Crippen LogP contribution >= 0.6 is 0 Å². The van der Waals surface area contributed by atoms with E-state index in [9.17, 15) is 5.11 Å². The number of β-amino-alcohol motifs (C(OH)–C–C–N with tert-alkyl or cyclic N) is 1. The largest absolute Gasteiger partial charge is 0.387 e. The monoisotopic (exact) mass is 186 g/mol. The summed E-state index contributed by atoms with van der Waals surface area (Å²) in [7, 11) is 0. The molecule has 13 heavy (non-hydrogen) atoms. The normalized spacial score (nSPS) is 33.2. The first-order valence-corrected chi connectivity index (χ1v) is 5.28. The number of nitrogens with zero attached hydrogens (tertiary/aromatic N) is 1. The molecule has 78 valence electrons. The van der Waals surface area contributed by atoms with Crippen molar-refractivity contribution in [2.24, 2.45) is 5.73 Å². The molecule has 2 unspecified atom stereocenters. The van der Waals surface area contributed by atoms with Crippen molar-refractivity contribution in [3.05, 3.63) is 0 Å². The summed E-state index contributed by atoms with van der Waals surface area (Å²) in [5.41, 5.74) is 4.94. The maximum atomic E-state index is 10.0. The summed E-state index contributed by atoms with van der Waals surface area (Å²) in [6.07, 6.45) is 3.06. The van der Waals surface area contributed by atoms with Crippen LogP contribution in [0.4, 0.5) is 0 Å². The van der Waals surface area contributed by atoms with Crippen molar-refractivity contribution in [2.75, 3.05) is 19.6 Å². The molecule has 3 heteroatoms. The molecule has 0 aromatic rings. The highest BCUT2D eigenvalue weighted by atomic mass is 16.3. The third-order valence-electron chi connectivity index (χ3n) is 3.18. The van der Waals surface area contributed by atoms with Gasteiger partial charge in [0.05, 0.1) is 5.60 Å². The maximum Gasteiger partial charge on any atom is 0.0896 e. The molecule has 1 fully saturated rings. The molecular formula is C10H22N2O. The fourth-order valence-corrected chi connectivity index (χ4v) is 1.95. The molecule has 1 aliphatic rings. The minimum Gasteiger partial charge on any atom is -0.387 e. The SMILES string of the molecule is CCC(C)N1CCCC(O)(CN)C1. The molecule has 0 aliphatic carbocycles. The predicted molar refractivity (Wildman–Crippen MR) is 54.6 cm³/mol. The van der Waals surface area contributed by atoms with E-state index in [0.717, 1.165) is 32.4 Å². The van der Waals surface area contributed by atoms with Crippen molar-refractivity contribution >= 4 is 0 Å². The minimum atomic E-state index is -0.623. The van der Waals surface area contributed by atoms with Crippen molar-refractivity contribution in [3.8, 4) is 0 Å². The van der Waals surface area contributed by atoms with Crippen LogP contribution in [0, 0.1) is 0 Å². The van der Waals surface area contributed by atoms with Crippen molar-refractivity contribution in [3.63, 3.8) is 0 Å². The second kappa shape index (κ2) is 4.40. The topological polar surface area (TPSA) is 49.5 Å². The molecule has 1 rings (SSSR count). The zero-order valence-electron chi connectivity index (χ0n) is 8.79. The second-order valence-electron chi connectivity index (χ2n) is 4.26. The molecule has 3 nitrogen and oxygen atoms in total. The smallest absolute Gasteiger partial charge is 0.0896 e. The predicted octanol–water partition coefficient (Wildman–Crippen LogP) is 0.571. The lowest BCUT2D eigenvalue weighted by Gasteiger charge is -2.41. The quantitative estimate of drug-likeness (QED) is 0.677. The Morgan fingerprint density at radius 1 is 1.62 bits per heavy atom. The third kappa shape index (κ3) is 2.66. The molecular weight excluding hydrogens is 164 g/mol. The second-order valence-corrected chi connectivity index (χ2v) is 4.26. The van der Waals surface area contributed by atoms with Gasteiger partial charge in [-0.3, -0.25) is 4.90 Å². The number of hydrogen-bond acceptors (Lipinski definition) is 3. The summed E-state index contributed by atoms with van der Waals surface area (Å²) in [5.74, 6) is 0. The molecule has 2 atom stereocenters. The summed E-state index contributed by atoms with van der Waals surface area (Å²) in [5, 5.41) is 10.0. The molecule has 0 radical (unpaired) electrons. The molecule has 0 amide bonds. The summed E-state index contributed by atoms with van der Waals surface area (Å²) in [6.45, 7) is 6.64. The average Bonchev–Trinajstić information content (AvgIpc) is 2.17. The van der Waals surface area contributed by atoms with Gasteiger partial charge in [-0.15, -0.1) is 0 Å². The van der Waals surface area contributed by atoms with Crippen LogP contribution < -0.4 is 5.73 Å². The molecule has 0 aromatic carbocycles. The van der Waals surface area contributed by atoms with E-state index < -0.39 is 5.60 Å². The van der Waals surface area contributed by atoms with Crippen LogP contribution in [0.3, 0.4) is 0 Å². The highest BCUT2D eigenvalue weighted by molar-refractivity contribution is 4.89. The Morgan fingerprint density at radius 3 is 2.85 bits per heavy atom. The Morgan fingerprint density at radius 2 is 2.31 bits per heavy atom. The van der Waals surface area contributed by atoms with E-state index in [1.165, 1.54) is 0 Å². The fourth-order valence-electron chi connectivity index (χ4n) is 1.95. The van der Waals surface area contributed by atoms with Crippen molar-refractivity contribution in [2.45, 2.75) is 44.8 Å². The summed E-state index contributed by atoms with van der Waals surface area (Å²) >= 11 is 0. The lowest BCUT2D eigenvalue weighted by Crippen LogP contribution is -2.54. The van der Waals surface area contributed by atoms with Gasteiger partial charge in [-0.2, -0.15) is 0 Å². The zero-order chi connectivity index (χ0) is 9.90. The van der Waals surface area contributed by atoms with Crippen molar-refractivity contribution < 1.29 is 5.11 Å². The van der Waals surface area contributed by atoms with Crippen LogP contribution in [-0.4, -0.2) is 41.3 Å². The number of piperidine rings is 1. The van der Waals surface area contributed by atoms with Gasteiger partial charge in [-0.05, 0) is 32.7 Å². The van der Waals surface area contributed by atoms with Crippen LogP contribution in [-0.2, 0) is 0 Å². The van der Waals surface area contributed by atoms with E-state index in [2.05, 4.69) is 18.7 Å². The molecule has 1 aliphatic heterocycles. The first-order valence-electron chi connectivity index (χ1n) is 5.28. The van der Waals surface area contributed by atoms with Crippen LogP contribution in [0.25, 0.3) is 0 Å².